The van der Waals surface area contributed by atoms with Gasteiger partial charge in [0.15, 0.2) is 11.7 Å². The number of aromatic nitrogens is 1. The molecule has 2 fully saturated rings. The van der Waals surface area contributed by atoms with Crippen LogP contribution in [0.3, 0.4) is 0 Å². The van der Waals surface area contributed by atoms with Crippen LogP contribution in [-0.2, 0) is 30.3 Å². The summed E-state index contributed by atoms with van der Waals surface area (Å²) in [6.45, 7) is 1.75. The van der Waals surface area contributed by atoms with Crippen LogP contribution in [0.5, 0.6) is 0 Å². The smallest absolute Gasteiger partial charge is 0.311 e. The lowest BCUT2D eigenvalue weighted by Crippen LogP contribution is -2.23. The quantitative estimate of drug-likeness (QED) is 0.697. The number of thiazole rings is 1. The zero-order chi connectivity index (χ0) is 18.5. The average Bonchev–Trinajstić information content (AvgIpc) is 3.31. The van der Waals surface area contributed by atoms with Crippen LogP contribution in [0.15, 0.2) is 5.38 Å². The molecule has 1 aromatic rings. The maximum Gasteiger partial charge on any atom is 0.311 e. The summed E-state index contributed by atoms with van der Waals surface area (Å²) in [6, 6.07) is 0. The van der Waals surface area contributed by atoms with Crippen molar-refractivity contribution in [2.24, 2.45) is 17.8 Å². The van der Waals surface area contributed by atoms with Crippen LogP contribution in [0.25, 0.3) is 0 Å². The van der Waals surface area contributed by atoms with Gasteiger partial charge in [-0.05, 0) is 43.9 Å². The molecule has 3 atom stereocenters. The van der Waals surface area contributed by atoms with Crippen LogP contribution >= 0.6 is 11.3 Å². The van der Waals surface area contributed by atoms with Crippen molar-refractivity contribution < 1.29 is 23.9 Å². The Morgan fingerprint density at radius 3 is 2.77 bits per heavy atom. The number of ether oxygens (including phenoxy) is 2. The maximum atomic E-state index is 12.0. The van der Waals surface area contributed by atoms with Crippen molar-refractivity contribution in [1.82, 2.24) is 4.98 Å². The zero-order valence-corrected chi connectivity index (χ0v) is 15.7. The minimum Gasteiger partial charge on any atom is -0.466 e. The van der Waals surface area contributed by atoms with Crippen LogP contribution in [-0.4, -0.2) is 36.0 Å². The Hall–Kier alpha value is -1.96. The Bertz CT molecular complexity index is 674. The fourth-order valence-electron chi connectivity index (χ4n) is 4.01. The number of hydrogen-bond donors (Lipinski definition) is 1. The van der Waals surface area contributed by atoms with E-state index in [1.165, 1.54) is 30.6 Å². The van der Waals surface area contributed by atoms with E-state index in [1.54, 1.807) is 12.3 Å². The van der Waals surface area contributed by atoms with Crippen LogP contribution in [0.4, 0.5) is 5.13 Å². The highest BCUT2D eigenvalue weighted by Gasteiger charge is 2.40. The van der Waals surface area contributed by atoms with E-state index in [4.69, 9.17) is 9.47 Å². The molecule has 0 aliphatic heterocycles. The summed E-state index contributed by atoms with van der Waals surface area (Å²) in [7, 11) is 0. The molecule has 142 valence electrons. The predicted octanol–water partition coefficient (Wildman–Crippen LogP) is 2.56. The second-order valence-corrected chi connectivity index (χ2v) is 7.83. The normalized spacial score (nSPS) is 23.7. The predicted molar refractivity (Wildman–Crippen MR) is 95.6 cm³/mol. The monoisotopic (exact) mass is 380 g/mol. The van der Waals surface area contributed by atoms with Gasteiger partial charge in [-0.25, -0.2) is 4.98 Å². The molecule has 1 aromatic heterocycles. The third-order valence-electron chi connectivity index (χ3n) is 5.11. The van der Waals surface area contributed by atoms with Crippen molar-refractivity contribution in [3.63, 3.8) is 0 Å². The highest BCUT2D eigenvalue weighted by Crippen LogP contribution is 2.49. The number of rotatable bonds is 8. The van der Waals surface area contributed by atoms with Crippen LogP contribution in [0, 0.1) is 17.8 Å². The van der Waals surface area contributed by atoms with Crippen molar-refractivity contribution >= 4 is 34.3 Å². The number of carbonyl (C=O) groups is 3. The van der Waals surface area contributed by atoms with E-state index < -0.39 is 5.91 Å². The second-order valence-electron chi connectivity index (χ2n) is 6.97. The number of carbonyl (C=O) groups excluding carboxylic acids is 3. The van der Waals surface area contributed by atoms with E-state index in [-0.39, 0.29) is 25.0 Å². The number of anilines is 1. The number of nitrogens with zero attached hydrogens (tertiary/aromatic N) is 1. The number of amides is 1. The number of fused-ring (bicyclic) bond motifs is 2. The first-order chi connectivity index (χ1) is 12.5. The largest absolute Gasteiger partial charge is 0.466 e. The van der Waals surface area contributed by atoms with Gasteiger partial charge >= 0.3 is 11.9 Å². The van der Waals surface area contributed by atoms with Gasteiger partial charge < -0.3 is 9.47 Å². The first kappa shape index (κ1) is 18.8. The van der Waals surface area contributed by atoms with Gasteiger partial charge in [-0.15, -0.1) is 11.3 Å². The highest BCUT2D eigenvalue weighted by atomic mass is 32.1. The van der Waals surface area contributed by atoms with E-state index in [0.717, 1.165) is 12.3 Å². The average molecular weight is 380 g/mol. The lowest BCUT2D eigenvalue weighted by molar-refractivity contribution is -0.148. The lowest BCUT2D eigenvalue weighted by atomic mass is 9.86. The van der Waals surface area contributed by atoms with E-state index in [9.17, 15) is 14.4 Å². The van der Waals surface area contributed by atoms with Crippen LogP contribution in [0.2, 0.25) is 0 Å². The molecular weight excluding hydrogens is 356 g/mol. The molecule has 0 saturated heterocycles. The number of nitrogens with one attached hydrogen (secondary N) is 1. The van der Waals surface area contributed by atoms with Gasteiger partial charge in [0, 0.05) is 11.8 Å². The number of esters is 2. The van der Waals surface area contributed by atoms with E-state index in [0.29, 0.717) is 35.7 Å². The minimum absolute atomic E-state index is 0.0682. The Morgan fingerprint density at radius 1 is 1.23 bits per heavy atom. The molecule has 1 heterocycles. The summed E-state index contributed by atoms with van der Waals surface area (Å²) in [6.07, 6.45) is 5.37. The fraction of sp³-hybridized carbons (Fsp3) is 0.667. The van der Waals surface area contributed by atoms with Gasteiger partial charge in [0.1, 0.15) is 0 Å². The standard InChI is InChI=1S/C18H24N2O5S/c1-2-24-17(23)8-14-10-26-18(19-14)20-15(21)9-25-16(22)7-13-6-11-3-4-12(13)5-11/h10-13H,2-9H2,1H3,(H,19,20,21)/t11-,12+,13-/m0/s1. The molecule has 2 bridgehead atoms. The minimum atomic E-state index is -0.427. The Kier molecular flexibility index (Phi) is 6.24. The van der Waals surface area contributed by atoms with Crippen molar-refractivity contribution in [3.8, 4) is 0 Å². The van der Waals surface area contributed by atoms with Gasteiger partial charge in [0.25, 0.3) is 5.91 Å². The maximum absolute atomic E-state index is 12.0. The molecule has 1 amide bonds. The molecule has 8 heteroatoms. The summed E-state index contributed by atoms with van der Waals surface area (Å²) >= 11 is 1.22. The molecule has 7 nitrogen and oxygen atoms in total. The zero-order valence-electron chi connectivity index (χ0n) is 14.9. The topological polar surface area (TPSA) is 94.6 Å². The Balaban J connectivity index is 1.36. The first-order valence-electron chi connectivity index (χ1n) is 9.09. The molecule has 0 aromatic carbocycles. The fourth-order valence-corrected chi connectivity index (χ4v) is 4.73. The molecule has 1 N–H and O–H groups in total. The van der Waals surface area contributed by atoms with Gasteiger partial charge in [-0.3, -0.25) is 19.7 Å². The third-order valence-corrected chi connectivity index (χ3v) is 5.91. The molecule has 2 aliphatic carbocycles. The summed E-state index contributed by atoms with van der Waals surface area (Å²) < 4.78 is 9.96. The van der Waals surface area contributed by atoms with Crippen molar-refractivity contribution in [3.05, 3.63) is 11.1 Å². The van der Waals surface area contributed by atoms with E-state index in [2.05, 4.69) is 10.3 Å². The first-order valence-corrected chi connectivity index (χ1v) is 9.97. The molecular formula is C18H24N2O5S. The summed E-state index contributed by atoms with van der Waals surface area (Å²) in [4.78, 5) is 39.4. The van der Waals surface area contributed by atoms with E-state index in [1.807, 2.05) is 0 Å². The van der Waals surface area contributed by atoms with Crippen LogP contribution < -0.4 is 5.32 Å². The molecule has 0 radical (unpaired) electrons. The summed E-state index contributed by atoms with van der Waals surface area (Å²) in [5, 5.41) is 4.64. The Morgan fingerprint density at radius 2 is 2.08 bits per heavy atom. The van der Waals surface area contributed by atoms with Gasteiger partial charge in [-0.1, -0.05) is 6.42 Å². The molecule has 2 saturated carbocycles. The van der Waals surface area contributed by atoms with Crippen molar-refractivity contribution in [2.45, 2.75) is 45.4 Å². The van der Waals surface area contributed by atoms with Crippen LogP contribution in [0.1, 0.15) is 44.7 Å². The van der Waals surface area contributed by atoms with Crippen molar-refractivity contribution in [1.29, 1.82) is 0 Å². The number of hydrogen-bond acceptors (Lipinski definition) is 7. The van der Waals surface area contributed by atoms with E-state index >= 15 is 0 Å². The summed E-state index contributed by atoms with van der Waals surface area (Å²) in [5.41, 5.74) is 0.539. The van der Waals surface area contributed by atoms with Gasteiger partial charge in [0.05, 0.1) is 18.7 Å². The highest BCUT2D eigenvalue weighted by molar-refractivity contribution is 7.13. The molecule has 0 spiro atoms. The third kappa shape index (κ3) is 5.03. The second kappa shape index (κ2) is 8.62. The Labute approximate surface area is 156 Å². The molecule has 2 aliphatic rings. The molecule has 3 rings (SSSR count). The molecule has 26 heavy (non-hydrogen) atoms. The SMILES string of the molecule is CCOC(=O)Cc1csc(NC(=O)COC(=O)C[C@@H]2C[C@H]3CC[C@@H]2C3)n1. The molecule has 0 unspecified atom stereocenters. The van der Waals surface area contributed by atoms with Gasteiger partial charge in [-0.2, -0.15) is 0 Å². The van der Waals surface area contributed by atoms with Crippen molar-refractivity contribution in [2.75, 3.05) is 18.5 Å². The lowest BCUT2D eigenvalue weighted by Gasteiger charge is -2.20. The van der Waals surface area contributed by atoms with Gasteiger partial charge in [0.2, 0.25) is 0 Å². The summed E-state index contributed by atoms with van der Waals surface area (Å²) in [5.74, 6) is 0.784.